The first-order valence-corrected chi connectivity index (χ1v) is 5.14. The molecule has 2 aromatic rings. The van der Waals surface area contributed by atoms with Crippen molar-refractivity contribution in [1.82, 2.24) is 4.90 Å². The first-order chi connectivity index (χ1) is 8.00. The van der Waals surface area contributed by atoms with Crippen LogP contribution >= 0.6 is 0 Å². The van der Waals surface area contributed by atoms with E-state index in [9.17, 15) is 9.90 Å². The molecule has 0 aliphatic rings. The van der Waals surface area contributed by atoms with Gasteiger partial charge in [-0.3, -0.25) is 0 Å². The van der Waals surface area contributed by atoms with Crippen LogP contribution in [0.1, 0.15) is 11.3 Å². The number of phenols is 1. The molecule has 2 N–H and O–H groups in total. The highest BCUT2D eigenvalue weighted by atomic mass is 16.4. The van der Waals surface area contributed by atoms with Gasteiger partial charge in [0.25, 0.3) is 0 Å². The first-order valence-electron chi connectivity index (χ1n) is 5.14. The van der Waals surface area contributed by atoms with Gasteiger partial charge in [-0.05, 0) is 13.0 Å². The number of carbonyl (C=O) groups is 1. The molecule has 17 heavy (non-hydrogen) atoms. The Morgan fingerprint density at radius 2 is 2.18 bits per heavy atom. The number of hydrogen-bond acceptors (Lipinski definition) is 3. The molecule has 0 atom stereocenters. The van der Waals surface area contributed by atoms with Crippen LogP contribution < -0.4 is 0 Å². The summed E-state index contributed by atoms with van der Waals surface area (Å²) in [6.07, 6.45) is -1.00. The molecule has 0 radical (unpaired) electrons. The number of fused-ring (bicyclic) bond motifs is 1. The molecular formula is C12H13NO4. The van der Waals surface area contributed by atoms with Crippen molar-refractivity contribution in [2.24, 2.45) is 0 Å². The van der Waals surface area contributed by atoms with Gasteiger partial charge in [0.05, 0.1) is 6.54 Å². The average Bonchev–Trinajstić information content (AvgIpc) is 2.58. The lowest BCUT2D eigenvalue weighted by molar-refractivity contribution is 0.153. The summed E-state index contributed by atoms with van der Waals surface area (Å²) in [4.78, 5) is 12.0. The summed E-state index contributed by atoms with van der Waals surface area (Å²) in [5.74, 6) is 0.685. The van der Waals surface area contributed by atoms with Crippen LogP contribution in [0.4, 0.5) is 4.79 Å². The third-order valence-corrected chi connectivity index (χ3v) is 2.72. The number of amides is 1. The Balaban J connectivity index is 2.50. The van der Waals surface area contributed by atoms with Gasteiger partial charge in [-0.2, -0.15) is 0 Å². The Hall–Kier alpha value is -2.17. The smallest absolute Gasteiger partial charge is 0.407 e. The molecule has 1 amide bonds. The van der Waals surface area contributed by atoms with E-state index in [-0.39, 0.29) is 12.3 Å². The molecule has 0 aliphatic carbocycles. The van der Waals surface area contributed by atoms with E-state index >= 15 is 0 Å². The van der Waals surface area contributed by atoms with Crippen molar-refractivity contribution in [2.75, 3.05) is 7.05 Å². The fraction of sp³-hybridized carbons (Fsp3) is 0.250. The maximum Gasteiger partial charge on any atom is 0.407 e. The molecule has 0 saturated heterocycles. The molecule has 1 aromatic heterocycles. The van der Waals surface area contributed by atoms with E-state index in [4.69, 9.17) is 9.52 Å². The highest BCUT2D eigenvalue weighted by Crippen LogP contribution is 2.32. The van der Waals surface area contributed by atoms with Crippen LogP contribution in [-0.2, 0) is 6.54 Å². The topological polar surface area (TPSA) is 73.9 Å². The van der Waals surface area contributed by atoms with Gasteiger partial charge < -0.3 is 19.5 Å². The molecule has 0 saturated carbocycles. The van der Waals surface area contributed by atoms with Crippen molar-refractivity contribution in [1.29, 1.82) is 0 Å². The molecule has 0 spiro atoms. The summed E-state index contributed by atoms with van der Waals surface area (Å²) in [5, 5.41) is 19.2. The summed E-state index contributed by atoms with van der Waals surface area (Å²) in [5.41, 5.74) is 1.18. The SMILES string of the molecule is Cc1oc2c(O)cccc2c1CN(C)C(=O)O. The summed E-state index contributed by atoms with van der Waals surface area (Å²) >= 11 is 0. The number of hydrogen-bond donors (Lipinski definition) is 2. The second-order valence-electron chi connectivity index (χ2n) is 3.93. The fourth-order valence-corrected chi connectivity index (χ4v) is 1.78. The Morgan fingerprint density at radius 1 is 1.47 bits per heavy atom. The third-order valence-electron chi connectivity index (χ3n) is 2.72. The van der Waals surface area contributed by atoms with E-state index < -0.39 is 6.09 Å². The van der Waals surface area contributed by atoms with Gasteiger partial charge in [0.2, 0.25) is 0 Å². The van der Waals surface area contributed by atoms with Gasteiger partial charge in [-0.15, -0.1) is 0 Å². The van der Waals surface area contributed by atoms with Gasteiger partial charge in [-0.1, -0.05) is 12.1 Å². The van der Waals surface area contributed by atoms with Crippen LogP contribution in [0, 0.1) is 6.92 Å². The monoisotopic (exact) mass is 235 g/mol. The summed E-state index contributed by atoms with van der Waals surface area (Å²) in [6, 6.07) is 5.05. The predicted molar refractivity (Wildman–Crippen MR) is 62.1 cm³/mol. The largest absolute Gasteiger partial charge is 0.504 e. The van der Waals surface area contributed by atoms with Gasteiger partial charge in [-0.25, -0.2) is 4.79 Å². The Labute approximate surface area is 97.9 Å². The van der Waals surface area contributed by atoms with Crippen LogP contribution in [0.3, 0.4) is 0 Å². The number of para-hydroxylation sites is 1. The molecule has 0 unspecified atom stereocenters. The zero-order valence-corrected chi connectivity index (χ0v) is 9.60. The predicted octanol–water partition coefficient (Wildman–Crippen LogP) is 2.56. The van der Waals surface area contributed by atoms with Crippen LogP contribution in [-0.4, -0.2) is 28.3 Å². The lowest BCUT2D eigenvalue weighted by Gasteiger charge is -2.12. The molecule has 5 heteroatoms. The quantitative estimate of drug-likeness (QED) is 0.838. The molecule has 2 rings (SSSR count). The van der Waals surface area contributed by atoms with E-state index in [0.29, 0.717) is 11.3 Å². The summed E-state index contributed by atoms with van der Waals surface area (Å²) in [7, 11) is 1.49. The number of rotatable bonds is 2. The van der Waals surface area contributed by atoms with Crippen molar-refractivity contribution in [3.63, 3.8) is 0 Å². The molecule has 0 bridgehead atoms. The van der Waals surface area contributed by atoms with Crippen molar-refractivity contribution >= 4 is 17.1 Å². The van der Waals surface area contributed by atoms with Crippen molar-refractivity contribution in [3.05, 3.63) is 29.5 Å². The zero-order valence-electron chi connectivity index (χ0n) is 9.60. The maximum absolute atomic E-state index is 10.8. The number of nitrogens with zero attached hydrogens (tertiary/aromatic N) is 1. The van der Waals surface area contributed by atoms with Crippen molar-refractivity contribution < 1.29 is 19.4 Å². The van der Waals surface area contributed by atoms with Gasteiger partial charge in [0.1, 0.15) is 5.76 Å². The molecule has 90 valence electrons. The summed E-state index contributed by atoms with van der Waals surface area (Å²) in [6.45, 7) is 1.99. The van der Waals surface area contributed by atoms with E-state index in [0.717, 1.165) is 10.9 Å². The molecule has 5 nitrogen and oxygen atoms in total. The normalized spacial score (nSPS) is 10.7. The van der Waals surface area contributed by atoms with Crippen molar-refractivity contribution in [3.8, 4) is 5.75 Å². The van der Waals surface area contributed by atoms with E-state index in [1.165, 1.54) is 18.0 Å². The minimum Gasteiger partial charge on any atom is -0.504 e. The van der Waals surface area contributed by atoms with Gasteiger partial charge >= 0.3 is 6.09 Å². The number of carboxylic acid groups (broad SMARTS) is 1. The Morgan fingerprint density at radius 3 is 2.82 bits per heavy atom. The minimum atomic E-state index is -1.00. The van der Waals surface area contributed by atoms with E-state index in [1.54, 1.807) is 19.1 Å². The standard InChI is InChI=1S/C12H13NO4/c1-7-9(6-13(2)12(15)16)8-4-3-5-10(14)11(8)17-7/h3-5,14H,6H2,1-2H3,(H,15,16). The average molecular weight is 235 g/mol. The third kappa shape index (κ3) is 1.91. The van der Waals surface area contributed by atoms with E-state index in [2.05, 4.69) is 0 Å². The van der Waals surface area contributed by atoms with Crippen molar-refractivity contribution in [2.45, 2.75) is 13.5 Å². The van der Waals surface area contributed by atoms with Gasteiger partial charge in [0.15, 0.2) is 11.3 Å². The second-order valence-corrected chi connectivity index (χ2v) is 3.93. The molecule has 0 fully saturated rings. The molecule has 1 aromatic carbocycles. The van der Waals surface area contributed by atoms with E-state index in [1.807, 2.05) is 0 Å². The number of benzene rings is 1. The zero-order chi connectivity index (χ0) is 12.6. The Kier molecular flexibility index (Phi) is 2.67. The number of furan rings is 1. The molecule has 1 heterocycles. The molecule has 0 aliphatic heterocycles. The fourth-order valence-electron chi connectivity index (χ4n) is 1.78. The summed E-state index contributed by atoms with van der Waals surface area (Å²) < 4.78 is 5.44. The highest BCUT2D eigenvalue weighted by Gasteiger charge is 2.16. The lowest BCUT2D eigenvalue weighted by atomic mass is 10.1. The van der Waals surface area contributed by atoms with Crippen LogP contribution in [0.2, 0.25) is 0 Å². The Bertz CT molecular complexity index is 573. The van der Waals surface area contributed by atoms with Crippen LogP contribution in [0.5, 0.6) is 5.75 Å². The lowest BCUT2D eigenvalue weighted by Crippen LogP contribution is -2.24. The first kappa shape index (κ1) is 11.3. The molecular weight excluding hydrogens is 222 g/mol. The van der Waals surface area contributed by atoms with Crippen LogP contribution in [0.15, 0.2) is 22.6 Å². The number of phenolic OH excluding ortho intramolecular Hbond substituents is 1. The van der Waals surface area contributed by atoms with Crippen LogP contribution in [0.25, 0.3) is 11.0 Å². The maximum atomic E-state index is 10.8. The second kappa shape index (κ2) is 4.01. The number of aryl methyl sites for hydroxylation is 1. The highest BCUT2D eigenvalue weighted by molar-refractivity contribution is 5.87. The van der Waals surface area contributed by atoms with Gasteiger partial charge in [0, 0.05) is 18.0 Å². The number of aromatic hydroxyl groups is 1. The minimum absolute atomic E-state index is 0.0647.